The van der Waals surface area contributed by atoms with Gasteiger partial charge in [-0.15, -0.1) is 0 Å². The number of nitrogens with zero attached hydrogens (tertiary/aromatic N) is 1. The molecule has 0 saturated heterocycles. The number of aromatic amines is 1. The van der Waals surface area contributed by atoms with Crippen molar-refractivity contribution in [3.8, 4) is 17.0 Å². The predicted molar refractivity (Wildman–Crippen MR) is 97.5 cm³/mol. The zero-order valence-electron chi connectivity index (χ0n) is 14.3. The number of nitrogens with one attached hydrogen (secondary N) is 2. The first-order valence-corrected chi connectivity index (χ1v) is 8.27. The maximum atomic E-state index is 12.5. The number of methoxy groups -OCH3 is 1. The third kappa shape index (κ3) is 3.88. The molecule has 5 heteroatoms. The zero-order chi connectivity index (χ0) is 17.6. The van der Waals surface area contributed by atoms with Gasteiger partial charge in [0, 0.05) is 5.56 Å². The summed E-state index contributed by atoms with van der Waals surface area (Å²) < 4.78 is 5.23. The van der Waals surface area contributed by atoms with Crippen LogP contribution in [0.2, 0.25) is 0 Å². The molecule has 2 N–H and O–H groups in total. The topological polar surface area (TPSA) is 67.0 Å². The normalized spacial score (nSPS) is 11.8. The van der Waals surface area contributed by atoms with Crippen molar-refractivity contribution < 1.29 is 9.53 Å². The van der Waals surface area contributed by atoms with Crippen LogP contribution < -0.4 is 10.1 Å². The summed E-state index contributed by atoms with van der Waals surface area (Å²) in [7, 11) is 1.62. The summed E-state index contributed by atoms with van der Waals surface area (Å²) in [5.41, 5.74) is 3.12. The van der Waals surface area contributed by atoms with Crippen LogP contribution in [-0.2, 0) is 0 Å². The summed E-state index contributed by atoms with van der Waals surface area (Å²) in [6.07, 6.45) is 0.812. The molecule has 1 aromatic heterocycles. The summed E-state index contributed by atoms with van der Waals surface area (Å²) in [5, 5.41) is 10.1. The van der Waals surface area contributed by atoms with Gasteiger partial charge >= 0.3 is 0 Å². The molecule has 0 aliphatic rings. The van der Waals surface area contributed by atoms with Crippen LogP contribution in [0, 0.1) is 0 Å². The number of rotatable bonds is 6. The zero-order valence-corrected chi connectivity index (χ0v) is 14.3. The lowest BCUT2D eigenvalue weighted by Gasteiger charge is -2.16. The molecule has 3 rings (SSSR count). The Labute approximate surface area is 147 Å². The van der Waals surface area contributed by atoms with Gasteiger partial charge in [-0.2, -0.15) is 5.10 Å². The molecule has 3 aromatic rings. The van der Waals surface area contributed by atoms with Gasteiger partial charge in [-0.1, -0.05) is 49.4 Å². The van der Waals surface area contributed by atoms with Gasteiger partial charge in [0.15, 0.2) is 0 Å². The van der Waals surface area contributed by atoms with Crippen LogP contribution in [0.25, 0.3) is 11.3 Å². The highest BCUT2D eigenvalue weighted by molar-refractivity contribution is 5.93. The Morgan fingerprint density at radius 2 is 1.96 bits per heavy atom. The van der Waals surface area contributed by atoms with Gasteiger partial charge in [-0.3, -0.25) is 9.89 Å². The number of carbonyl (C=O) groups is 1. The average molecular weight is 335 g/mol. The van der Waals surface area contributed by atoms with E-state index in [-0.39, 0.29) is 11.9 Å². The third-order valence-electron chi connectivity index (χ3n) is 4.10. The van der Waals surface area contributed by atoms with E-state index in [1.54, 1.807) is 13.2 Å². The van der Waals surface area contributed by atoms with Gasteiger partial charge < -0.3 is 10.1 Å². The molecule has 0 aliphatic carbocycles. The Bertz CT molecular complexity index is 843. The number of amides is 1. The van der Waals surface area contributed by atoms with Crippen molar-refractivity contribution in [3.05, 3.63) is 71.9 Å². The van der Waals surface area contributed by atoms with E-state index >= 15 is 0 Å². The molecular formula is C20H21N3O2. The second kappa shape index (κ2) is 7.66. The smallest absolute Gasteiger partial charge is 0.269 e. The predicted octanol–water partition coefficient (Wildman–Crippen LogP) is 3.97. The minimum absolute atomic E-state index is 0.0303. The Hall–Kier alpha value is -3.08. The molecule has 0 radical (unpaired) electrons. The third-order valence-corrected chi connectivity index (χ3v) is 4.10. The lowest BCUT2D eigenvalue weighted by Crippen LogP contribution is -2.28. The Balaban J connectivity index is 1.76. The first-order chi connectivity index (χ1) is 12.2. The number of aromatic nitrogens is 2. The molecule has 0 saturated carbocycles. The second-order valence-corrected chi connectivity index (χ2v) is 5.74. The molecule has 128 valence electrons. The van der Waals surface area contributed by atoms with E-state index in [0.29, 0.717) is 11.4 Å². The van der Waals surface area contributed by atoms with Crippen molar-refractivity contribution >= 4 is 5.91 Å². The number of hydrogen-bond acceptors (Lipinski definition) is 3. The van der Waals surface area contributed by atoms with Crippen LogP contribution in [0.5, 0.6) is 5.75 Å². The molecule has 0 aliphatic heterocycles. The molecule has 5 nitrogen and oxygen atoms in total. The highest BCUT2D eigenvalue weighted by Crippen LogP contribution is 2.23. The summed E-state index contributed by atoms with van der Waals surface area (Å²) in [6.45, 7) is 2.05. The van der Waals surface area contributed by atoms with E-state index in [2.05, 4.69) is 15.5 Å². The molecule has 0 bridgehead atoms. The fraction of sp³-hybridized carbons (Fsp3) is 0.200. The van der Waals surface area contributed by atoms with Crippen LogP contribution in [0.1, 0.15) is 35.4 Å². The van der Waals surface area contributed by atoms with E-state index in [0.717, 1.165) is 23.3 Å². The molecule has 25 heavy (non-hydrogen) atoms. The molecule has 0 fully saturated rings. The van der Waals surface area contributed by atoms with E-state index < -0.39 is 0 Å². The van der Waals surface area contributed by atoms with Crippen LogP contribution in [0.4, 0.5) is 0 Å². The van der Waals surface area contributed by atoms with Gasteiger partial charge in [0.25, 0.3) is 5.91 Å². The molecular weight excluding hydrogens is 314 g/mol. The molecule has 1 heterocycles. The minimum Gasteiger partial charge on any atom is -0.497 e. The van der Waals surface area contributed by atoms with Crippen molar-refractivity contribution in [2.75, 3.05) is 7.11 Å². The minimum atomic E-state index is -0.169. The van der Waals surface area contributed by atoms with E-state index in [1.165, 1.54) is 0 Å². The van der Waals surface area contributed by atoms with Gasteiger partial charge in [0.05, 0.1) is 18.8 Å². The first-order valence-electron chi connectivity index (χ1n) is 8.27. The SMILES string of the molecule is CCC(NC(=O)c1cc(-c2cccc(OC)c2)n[nH]1)c1ccccc1. The largest absolute Gasteiger partial charge is 0.497 e. The maximum Gasteiger partial charge on any atom is 0.269 e. The van der Waals surface area contributed by atoms with Crippen LogP contribution >= 0.6 is 0 Å². The number of carbonyl (C=O) groups excluding carboxylic acids is 1. The highest BCUT2D eigenvalue weighted by atomic mass is 16.5. The standard InChI is InChI=1S/C20H21N3O2/c1-3-17(14-8-5-4-6-9-14)21-20(24)19-13-18(22-23-19)15-10-7-11-16(12-15)25-2/h4-13,17H,3H2,1-2H3,(H,21,24)(H,22,23). The molecule has 1 unspecified atom stereocenters. The monoisotopic (exact) mass is 335 g/mol. The summed E-state index contributed by atoms with van der Waals surface area (Å²) >= 11 is 0. The van der Waals surface area contributed by atoms with Crippen molar-refractivity contribution in [2.24, 2.45) is 0 Å². The number of ether oxygens (including phenoxy) is 1. The van der Waals surface area contributed by atoms with Crippen molar-refractivity contribution in [1.82, 2.24) is 15.5 Å². The Morgan fingerprint density at radius 1 is 1.16 bits per heavy atom. The Morgan fingerprint density at radius 3 is 2.68 bits per heavy atom. The quantitative estimate of drug-likeness (QED) is 0.716. The maximum absolute atomic E-state index is 12.5. The molecule has 2 aromatic carbocycles. The van der Waals surface area contributed by atoms with Crippen molar-refractivity contribution in [1.29, 1.82) is 0 Å². The van der Waals surface area contributed by atoms with E-state index in [9.17, 15) is 4.79 Å². The number of H-pyrrole nitrogens is 1. The lowest BCUT2D eigenvalue weighted by molar-refractivity contribution is 0.0930. The first kappa shape index (κ1) is 16.8. The summed E-state index contributed by atoms with van der Waals surface area (Å²) in [6, 6.07) is 19.2. The van der Waals surface area contributed by atoms with E-state index in [4.69, 9.17) is 4.74 Å². The van der Waals surface area contributed by atoms with Crippen LogP contribution in [-0.4, -0.2) is 23.2 Å². The van der Waals surface area contributed by atoms with E-state index in [1.807, 2.05) is 61.5 Å². The summed E-state index contributed by atoms with van der Waals surface area (Å²) in [4.78, 5) is 12.5. The Kier molecular flexibility index (Phi) is 5.14. The summed E-state index contributed by atoms with van der Waals surface area (Å²) in [5.74, 6) is 0.582. The lowest BCUT2D eigenvalue weighted by atomic mass is 10.0. The van der Waals surface area contributed by atoms with Gasteiger partial charge in [0.2, 0.25) is 0 Å². The average Bonchev–Trinajstić information content (AvgIpc) is 3.17. The fourth-order valence-electron chi connectivity index (χ4n) is 2.71. The van der Waals surface area contributed by atoms with Gasteiger partial charge in [0.1, 0.15) is 11.4 Å². The fourth-order valence-corrected chi connectivity index (χ4v) is 2.71. The van der Waals surface area contributed by atoms with Gasteiger partial charge in [-0.25, -0.2) is 0 Å². The molecule has 1 amide bonds. The van der Waals surface area contributed by atoms with Crippen molar-refractivity contribution in [2.45, 2.75) is 19.4 Å². The molecule has 1 atom stereocenters. The van der Waals surface area contributed by atoms with Gasteiger partial charge in [-0.05, 0) is 30.2 Å². The number of benzene rings is 2. The highest BCUT2D eigenvalue weighted by Gasteiger charge is 2.16. The van der Waals surface area contributed by atoms with Crippen LogP contribution in [0.15, 0.2) is 60.7 Å². The second-order valence-electron chi connectivity index (χ2n) is 5.74. The van der Waals surface area contributed by atoms with Crippen LogP contribution in [0.3, 0.4) is 0 Å². The van der Waals surface area contributed by atoms with Crippen molar-refractivity contribution in [3.63, 3.8) is 0 Å². The number of hydrogen-bond donors (Lipinski definition) is 2. The molecule has 0 spiro atoms.